The number of hydrogen-bond donors (Lipinski definition) is 2. The van der Waals surface area contributed by atoms with E-state index in [1.54, 1.807) is 0 Å². The normalized spacial score (nSPS) is 27.5. The Bertz CT molecular complexity index is 117. The molecule has 0 saturated carbocycles. The second-order valence-electron chi connectivity index (χ2n) is 4.11. The van der Waals surface area contributed by atoms with Gasteiger partial charge < -0.3 is 10.6 Å². The van der Waals surface area contributed by atoms with Gasteiger partial charge in [-0.25, -0.2) is 0 Å². The van der Waals surface area contributed by atoms with Gasteiger partial charge in [0.25, 0.3) is 0 Å². The first-order valence-corrected chi connectivity index (χ1v) is 5.16. The standard InChI is InChI=1S/C10H22N2/c1-8(2)10(11-3)9-6-4-5-7-12-9/h8-12H,4-7H2,1-3H3. The van der Waals surface area contributed by atoms with Crippen LogP contribution < -0.4 is 10.6 Å². The Hall–Kier alpha value is -0.0800. The third kappa shape index (κ3) is 2.46. The van der Waals surface area contributed by atoms with Crippen molar-refractivity contribution in [3.63, 3.8) is 0 Å². The summed E-state index contributed by atoms with van der Waals surface area (Å²) in [7, 11) is 2.07. The maximum absolute atomic E-state index is 3.59. The lowest BCUT2D eigenvalue weighted by Crippen LogP contribution is -2.51. The maximum atomic E-state index is 3.59. The Labute approximate surface area is 76.1 Å². The summed E-state index contributed by atoms with van der Waals surface area (Å²) in [6, 6.07) is 1.34. The molecule has 2 unspecified atom stereocenters. The van der Waals surface area contributed by atoms with Crippen LogP contribution in [0.4, 0.5) is 0 Å². The molecule has 2 N–H and O–H groups in total. The Kier molecular flexibility index (Phi) is 4.02. The lowest BCUT2D eigenvalue weighted by molar-refractivity contribution is 0.273. The molecule has 1 aliphatic heterocycles. The van der Waals surface area contributed by atoms with Crippen molar-refractivity contribution in [1.29, 1.82) is 0 Å². The van der Waals surface area contributed by atoms with Gasteiger partial charge in [-0.1, -0.05) is 20.3 Å². The SMILES string of the molecule is CNC(C(C)C)C1CCCCN1. The molecule has 1 saturated heterocycles. The molecule has 0 amide bonds. The summed E-state index contributed by atoms with van der Waals surface area (Å²) < 4.78 is 0. The van der Waals surface area contributed by atoms with E-state index < -0.39 is 0 Å². The van der Waals surface area contributed by atoms with Crippen LogP contribution in [0.2, 0.25) is 0 Å². The van der Waals surface area contributed by atoms with E-state index in [0.29, 0.717) is 12.1 Å². The molecule has 2 nitrogen and oxygen atoms in total. The van der Waals surface area contributed by atoms with E-state index in [1.807, 2.05) is 0 Å². The first-order chi connectivity index (χ1) is 5.75. The minimum atomic E-state index is 0.644. The predicted molar refractivity (Wildman–Crippen MR) is 53.3 cm³/mol. The summed E-state index contributed by atoms with van der Waals surface area (Å²) in [6.07, 6.45) is 4.08. The molecule has 12 heavy (non-hydrogen) atoms. The van der Waals surface area contributed by atoms with E-state index in [9.17, 15) is 0 Å². The first-order valence-electron chi connectivity index (χ1n) is 5.16. The van der Waals surface area contributed by atoms with Crippen molar-refractivity contribution in [2.24, 2.45) is 5.92 Å². The summed E-state index contributed by atoms with van der Waals surface area (Å²) in [5, 5.41) is 7.00. The molecule has 0 aromatic carbocycles. The lowest BCUT2D eigenvalue weighted by atomic mass is 9.91. The van der Waals surface area contributed by atoms with Crippen LogP contribution in [-0.4, -0.2) is 25.7 Å². The molecule has 0 aromatic rings. The highest BCUT2D eigenvalue weighted by Crippen LogP contribution is 2.15. The minimum absolute atomic E-state index is 0.644. The third-order valence-corrected chi connectivity index (χ3v) is 2.83. The van der Waals surface area contributed by atoms with Crippen molar-refractivity contribution in [2.75, 3.05) is 13.6 Å². The van der Waals surface area contributed by atoms with Crippen molar-refractivity contribution < 1.29 is 0 Å². The Morgan fingerprint density at radius 2 is 2.08 bits per heavy atom. The summed E-state index contributed by atoms with van der Waals surface area (Å²) in [4.78, 5) is 0. The summed E-state index contributed by atoms with van der Waals surface area (Å²) >= 11 is 0. The number of piperidine rings is 1. The molecular weight excluding hydrogens is 148 g/mol. The highest BCUT2D eigenvalue weighted by molar-refractivity contribution is 4.85. The van der Waals surface area contributed by atoms with E-state index in [-0.39, 0.29) is 0 Å². The van der Waals surface area contributed by atoms with E-state index >= 15 is 0 Å². The molecule has 0 bridgehead atoms. The topological polar surface area (TPSA) is 24.1 Å². The van der Waals surface area contributed by atoms with Gasteiger partial charge in [-0.3, -0.25) is 0 Å². The number of likely N-dealkylation sites (N-methyl/N-ethyl adjacent to an activating group) is 1. The summed E-state index contributed by atoms with van der Waals surface area (Å²) in [5.74, 6) is 0.727. The maximum Gasteiger partial charge on any atom is 0.0241 e. The fourth-order valence-corrected chi connectivity index (χ4v) is 2.18. The Morgan fingerprint density at radius 1 is 1.33 bits per heavy atom. The van der Waals surface area contributed by atoms with Crippen LogP contribution in [0, 0.1) is 5.92 Å². The first kappa shape index (κ1) is 10.0. The largest absolute Gasteiger partial charge is 0.315 e. The van der Waals surface area contributed by atoms with Gasteiger partial charge in [0.15, 0.2) is 0 Å². The van der Waals surface area contributed by atoms with E-state index in [1.165, 1.54) is 25.8 Å². The van der Waals surface area contributed by atoms with Gasteiger partial charge in [0, 0.05) is 12.1 Å². The van der Waals surface area contributed by atoms with Crippen LogP contribution >= 0.6 is 0 Å². The van der Waals surface area contributed by atoms with Crippen molar-refractivity contribution in [1.82, 2.24) is 10.6 Å². The molecule has 0 spiro atoms. The fourth-order valence-electron chi connectivity index (χ4n) is 2.18. The van der Waals surface area contributed by atoms with Gasteiger partial charge in [0.05, 0.1) is 0 Å². The molecule has 1 fully saturated rings. The molecule has 1 heterocycles. The molecular formula is C10H22N2. The number of hydrogen-bond acceptors (Lipinski definition) is 2. The van der Waals surface area contributed by atoms with E-state index in [0.717, 1.165) is 5.92 Å². The van der Waals surface area contributed by atoms with Gasteiger partial charge in [-0.2, -0.15) is 0 Å². The number of nitrogens with one attached hydrogen (secondary N) is 2. The van der Waals surface area contributed by atoms with E-state index in [2.05, 4.69) is 31.5 Å². The van der Waals surface area contributed by atoms with Crippen molar-refractivity contribution in [3.05, 3.63) is 0 Å². The molecule has 0 radical (unpaired) electrons. The minimum Gasteiger partial charge on any atom is -0.315 e. The second-order valence-corrected chi connectivity index (χ2v) is 4.11. The zero-order valence-corrected chi connectivity index (χ0v) is 8.56. The quantitative estimate of drug-likeness (QED) is 0.668. The zero-order chi connectivity index (χ0) is 8.97. The van der Waals surface area contributed by atoms with Gasteiger partial charge in [-0.15, -0.1) is 0 Å². The molecule has 0 aromatic heterocycles. The molecule has 2 heteroatoms. The molecule has 1 rings (SSSR count). The Morgan fingerprint density at radius 3 is 2.50 bits per heavy atom. The molecule has 0 aliphatic carbocycles. The number of rotatable bonds is 3. The third-order valence-electron chi connectivity index (χ3n) is 2.83. The average molecular weight is 170 g/mol. The average Bonchev–Trinajstić information content (AvgIpc) is 2.07. The van der Waals surface area contributed by atoms with Crippen LogP contribution in [-0.2, 0) is 0 Å². The molecule has 2 atom stereocenters. The smallest absolute Gasteiger partial charge is 0.0241 e. The van der Waals surface area contributed by atoms with Gasteiger partial charge >= 0.3 is 0 Å². The highest BCUT2D eigenvalue weighted by atomic mass is 15.0. The van der Waals surface area contributed by atoms with Crippen LogP contribution in [0.1, 0.15) is 33.1 Å². The predicted octanol–water partition coefficient (Wildman–Crippen LogP) is 1.37. The van der Waals surface area contributed by atoms with Gasteiger partial charge in [0.2, 0.25) is 0 Å². The second kappa shape index (κ2) is 4.83. The highest BCUT2D eigenvalue weighted by Gasteiger charge is 2.23. The molecule has 1 aliphatic rings. The van der Waals surface area contributed by atoms with Gasteiger partial charge in [0.1, 0.15) is 0 Å². The monoisotopic (exact) mass is 170 g/mol. The fraction of sp³-hybridized carbons (Fsp3) is 1.00. The van der Waals surface area contributed by atoms with Crippen LogP contribution in [0.15, 0.2) is 0 Å². The lowest BCUT2D eigenvalue weighted by Gasteiger charge is -2.33. The van der Waals surface area contributed by atoms with E-state index in [4.69, 9.17) is 0 Å². The summed E-state index contributed by atoms with van der Waals surface area (Å²) in [5.41, 5.74) is 0. The van der Waals surface area contributed by atoms with Crippen molar-refractivity contribution in [3.8, 4) is 0 Å². The molecule has 72 valence electrons. The van der Waals surface area contributed by atoms with Gasteiger partial charge in [-0.05, 0) is 32.4 Å². The van der Waals surface area contributed by atoms with Crippen molar-refractivity contribution in [2.45, 2.75) is 45.2 Å². The van der Waals surface area contributed by atoms with Crippen LogP contribution in [0.25, 0.3) is 0 Å². The Balaban J connectivity index is 2.40. The van der Waals surface area contributed by atoms with Crippen LogP contribution in [0.3, 0.4) is 0 Å². The van der Waals surface area contributed by atoms with Crippen LogP contribution in [0.5, 0.6) is 0 Å². The summed E-state index contributed by atoms with van der Waals surface area (Å²) in [6.45, 7) is 5.78. The van der Waals surface area contributed by atoms with Crippen molar-refractivity contribution >= 4 is 0 Å². The zero-order valence-electron chi connectivity index (χ0n) is 8.56.